The molecule has 0 amide bonds. The van der Waals surface area contributed by atoms with Gasteiger partial charge in [0.25, 0.3) is 0 Å². The van der Waals surface area contributed by atoms with Crippen molar-refractivity contribution < 1.29 is 22.6 Å². The Labute approximate surface area is 200 Å². The first-order valence-corrected chi connectivity index (χ1v) is 10.8. The summed E-state index contributed by atoms with van der Waals surface area (Å²) in [6.07, 6.45) is -0.554. The van der Waals surface area contributed by atoms with Crippen LogP contribution in [0.3, 0.4) is 0 Å². The zero-order chi connectivity index (χ0) is 21.8. The first-order valence-electron chi connectivity index (χ1n) is 10.8. The van der Waals surface area contributed by atoms with E-state index >= 15 is 0 Å². The average molecular weight is 557 g/mol. The molecule has 2 rings (SSSR count). The van der Waals surface area contributed by atoms with Gasteiger partial charge in [0.1, 0.15) is 0 Å². The lowest BCUT2D eigenvalue weighted by molar-refractivity contribution is -0.137. The predicted octanol–water partition coefficient (Wildman–Crippen LogP) is 4.96. The van der Waals surface area contributed by atoms with E-state index in [9.17, 15) is 13.2 Å². The van der Waals surface area contributed by atoms with Gasteiger partial charge in [0.05, 0.1) is 11.7 Å². The van der Waals surface area contributed by atoms with Crippen LogP contribution in [0.1, 0.15) is 56.6 Å². The summed E-state index contributed by atoms with van der Waals surface area (Å²) in [6.45, 7) is 8.19. The third-order valence-electron chi connectivity index (χ3n) is 5.09. The predicted molar refractivity (Wildman–Crippen MR) is 128 cm³/mol. The van der Waals surface area contributed by atoms with Gasteiger partial charge in [-0.2, -0.15) is 13.2 Å². The maximum atomic E-state index is 12.9. The molecule has 31 heavy (non-hydrogen) atoms. The largest absolute Gasteiger partial charge is 0.416 e. The molecule has 1 aliphatic heterocycles. The molecule has 1 atom stereocenters. The fourth-order valence-electron chi connectivity index (χ4n) is 3.29. The standard InChI is InChI=1S/C22H34F3N3O2.HI/c1-3-26-21(27-11-5-13-30-20-9-14-29-15-10-20)28-12-8-17(2)18-6-4-7-19(16-18)22(23,24)25;/h4,6-7,16-17,20H,3,5,8-15H2,1-2H3,(H2,26,27,28);1H. The molecule has 1 aliphatic rings. The SMILES string of the molecule is CCNC(=NCCCOC1CCOCC1)NCCC(C)c1cccc(C(F)(F)F)c1.I. The van der Waals surface area contributed by atoms with Crippen LogP contribution in [-0.2, 0) is 15.7 Å². The molecule has 0 saturated carbocycles. The molecule has 1 heterocycles. The van der Waals surface area contributed by atoms with Gasteiger partial charge in [0, 0.05) is 39.5 Å². The second-order valence-corrected chi connectivity index (χ2v) is 7.54. The van der Waals surface area contributed by atoms with Crippen LogP contribution < -0.4 is 10.6 Å². The van der Waals surface area contributed by atoms with Crippen molar-refractivity contribution in [2.24, 2.45) is 4.99 Å². The number of guanidine groups is 1. The van der Waals surface area contributed by atoms with Crippen molar-refractivity contribution in [3.05, 3.63) is 35.4 Å². The van der Waals surface area contributed by atoms with Crippen LogP contribution in [0.25, 0.3) is 0 Å². The quantitative estimate of drug-likeness (QED) is 0.185. The second kappa shape index (κ2) is 14.9. The zero-order valence-corrected chi connectivity index (χ0v) is 20.7. The number of ether oxygens (including phenoxy) is 2. The van der Waals surface area contributed by atoms with E-state index in [-0.39, 0.29) is 29.9 Å². The number of halogens is 4. The third-order valence-corrected chi connectivity index (χ3v) is 5.09. The Morgan fingerprint density at radius 2 is 2.00 bits per heavy atom. The molecule has 0 spiro atoms. The molecule has 0 aromatic heterocycles. The Morgan fingerprint density at radius 3 is 2.68 bits per heavy atom. The summed E-state index contributed by atoms with van der Waals surface area (Å²) in [5.41, 5.74) is 0.0940. The van der Waals surface area contributed by atoms with Gasteiger partial charge >= 0.3 is 6.18 Å². The van der Waals surface area contributed by atoms with E-state index in [1.54, 1.807) is 6.07 Å². The maximum absolute atomic E-state index is 12.9. The monoisotopic (exact) mass is 557 g/mol. The number of aliphatic imine (C=N–C) groups is 1. The molecule has 5 nitrogen and oxygen atoms in total. The normalized spacial score (nSPS) is 16.5. The van der Waals surface area contributed by atoms with Gasteiger partial charge in [0.2, 0.25) is 0 Å². The van der Waals surface area contributed by atoms with Crippen LogP contribution in [0.4, 0.5) is 13.2 Å². The highest BCUT2D eigenvalue weighted by Gasteiger charge is 2.30. The molecule has 1 saturated heterocycles. The molecular formula is C22H35F3IN3O2. The first-order chi connectivity index (χ1) is 14.4. The lowest BCUT2D eigenvalue weighted by atomic mass is 9.96. The number of hydrogen-bond acceptors (Lipinski definition) is 3. The molecule has 9 heteroatoms. The van der Waals surface area contributed by atoms with Crippen LogP contribution in [0.15, 0.2) is 29.3 Å². The van der Waals surface area contributed by atoms with Gasteiger partial charge in [-0.25, -0.2) is 0 Å². The summed E-state index contributed by atoms with van der Waals surface area (Å²) in [7, 11) is 0. The Bertz CT molecular complexity index is 653. The highest BCUT2D eigenvalue weighted by molar-refractivity contribution is 14.0. The second-order valence-electron chi connectivity index (χ2n) is 7.54. The average Bonchev–Trinajstić information content (AvgIpc) is 2.73. The maximum Gasteiger partial charge on any atom is 0.416 e. The van der Waals surface area contributed by atoms with Gasteiger partial charge in [-0.15, -0.1) is 24.0 Å². The van der Waals surface area contributed by atoms with Gasteiger partial charge in [-0.1, -0.05) is 25.1 Å². The van der Waals surface area contributed by atoms with Crippen molar-refractivity contribution in [2.75, 3.05) is 39.5 Å². The molecule has 1 fully saturated rings. The van der Waals surface area contributed by atoms with Crippen LogP contribution in [0, 0.1) is 0 Å². The molecular weight excluding hydrogens is 522 g/mol. The summed E-state index contributed by atoms with van der Waals surface area (Å²) in [6, 6.07) is 5.56. The molecule has 0 radical (unpaired) electrons. The first kappa shape index (κ1) is 28.0. The van der Waals surface area contributed by atoms with E-state index in [2.05, 4.69) is 15.6 Å². The smallest absolute Gasteiger partial charge is 0.381 e. The lowest BCUT2D eigenvalue weighted by Crippen LogP contribution is -2.38. The molecule has 1 unspecified atom stereocenters. The molecule has 1 aromatic rings. The van der Waals surface area contributed by atoms with E-state index in [1.165, 1.54) is 12.1 Å². The molecule has 2 N–H and O–H groups in total. The number of rotatable bonds is 10. The number of hydrogen-bond donors (Lipinski definition) is 2. The lowest BCUT2D eigenvalue weighted by Gasteiger charge is -2.22. The van der Waals surface area contributed by atoms with E-state index < -0.39 is 11.7 Å². The van der Waals surface area contributed by atoms with Crippen LogP contribution in [0.2, 0.25) is 0 Å². The highest BCUT2D eigenvalue weighted by Crippen LogP contribution is 2.31. The number of alkyl halides is 3. The Morgan fingerprint density at radius 1 is 1.26 bits per heavy atom. The minimum Gasteiger partial charge on any atom is -0.381 e. The number of nitrogens with one attached hydrogen (secondary N) is 2. The summed E-state index contributed by atoms with van der Waals surface area (Å²) >= 11 is 0. The van der Waals surface area contributed by atoms with E-state index in [4.69, 9.17) is 9.47 Å². The topological polar surface area (TPSA) is 54.9 Å². The fourth-order valence-corrected chi connectivity index (χ4v) is 3.29. The minimum atomic E-state index is -4.31. The number of benzene rings is 1. The Balaban J connectivity index is 0.00000480. The third kappa shape index (κ3) is 10.9. The molecule has 178 valence electrons. The summed E-state index contributed by atoms with van der Waals surface area (Å²) in [5.74, 6) is 0.732. The Kier molecular flexibility index (Phi) is 13.4. The summed E-state index contributed by atoms with van der Waals surface area (Å²) < 4.78 is 49.9. The van der Waals surface area contributed by atoms with Gasteiger partial charge in [-0.05, 0) is 50.2 Å². The van der Waals surface area contributed by atoms with Crippen molar-refractivity contribution in [1.82, 2.24) is 10.6 Å². The fraction of sp³-hybridized carbons (Fsp3) is 0.682. The van der Waals surface area contributed by atoms with Crippen molar-refractivity contribution in [3.63, 3.8) is 0 Å². The molecule has 0 aliphatic carbocycles. The van der Waals surface area contributed by atoms with Crippen LogP contribution >= 0.6 is 24.0 Å². The molecule has 0 bridgehead atoms. The summed E-state index contributed by atoms with van der Waals surface area (Å²) in [4.78, 5) is 4.55. The van der Waals surface area contributed by atoms with E-state index in [0.717, 1.165) is 51.0 Å². The summed E-state index contributed by atoms with van der Waals surface area (Å²) in [5, 5.41) is 6.46. The van der Waals surface area contributed by atoms with E-state index in [1.807, 2.05) is 13.8 Å². The van der Waals surface area contributed by atoms with Crippen molar-refractivity contribution in [3.8, 4) is 0 Å². The van der Waals surface area contributed by atoms with E-state index in [0.29, 0.717) is 37.8 Å². The van der Waals surface area contributed by atoms with Crippen LogP contribution in [-0.4, -0.2) is 51.5 Å². The minimum absolute atomic E-state index is 0. The van der Waals surface area contributed by atoms with Crippen molar-refractivity contribution in [1.29, 1.82) is 0 Å². The number of nitrogens with zero attached hydrogens (tertiary/aromatic N) is 1. The zero-order valence-electron chi connectivity index (χ0n) is 18.3. The van der Waals surface area contributed by atoms with Crippen molar-refractivity contribution in [2.45, 2.75) is 57.7 Å². The Hall–Kier alpha value is -1.07. The van der Waals surface area contributed by atoms with Gasteiger partial charge in [-0.3, -0.25) is 4.99 Å². The molecule has 1 aromatic carbocycles. The van der Waals surface area contributed by atoms with Crippen molar-refractivity contribution >= 4 is 29.9 Å². The van der Waals surface area contributed by atoms with Gasteiger partial charge in [0.15, 0.2) is 5.96 Å². The highest BCUT2D eigenvalue weighted by atomic mass is 127. The van der Waals surface area contributed by atoms with Crippen LogP contribution in [0.5, 0.6) is 0 Å². The van der Waals surface area contributed by atoms with Gasteiger partial charge < -0.3 is 20.1 Å².